The van der Waals surface area contributed by atoms with Crippen LogP contribution >= 0.6 is 0 Å². The highest BCUT2D eigenvalue weighted by molar-refractivity contribution is 5.97. The summed E-state index contributed by atoms with van der Waals surface area (Å²) in [5, 5.41) is 2.89. The minimum Gasteiger partial charge on any atom is -0.493 e. The number of nitrogens with zero attached hydrogens (tertiary/aromatic N) is 1. The summed E-state index contributed by atoms with van der Waals surface area (Å²) in [6, 6.07) is 14.4. The lowest BCUT2D eigenvalue weighted by molar-refractivity contribution is -0.135. The van der Waals surface area contributed by atoms with Crippen LogP contribution in [-0.4, -0.2) is 42.3 Å². The molecule has 7 nitrogen and oxygen atoms in total. The summed E-state index contributed by atoms with van der Waals surface area (Å²) in [7, 11) is 0. The van der Waals surface area contributed by atoms with Gasteiger partial charge in [0.25, 0.3) is 0 Å². The number of ether oxygens (including phenoxy) is 1. The lowest BCUT2D eigenvalue weighted by Crippen LogP contribution is -2.44. The van der Waals surface area contributed by atoms with Gasteiger partial charge in [0.15, 0.2) is 0 Å². The number of nitrogens with one attached hydrogen (secondary N) is 1. The molecule has 3 rings (SSSR count). The molecule has 30 heavy (non-hydrogen) atoms. The number of hydrogen-bond donors (Lipinski definition) is 2. The molecule has 1 aliphatic rings. The SMILES string of the molecule is Cc1cc(NC(=O)C2CCCN(C(=O)CCOc3ccccc3)C2)ccc1C(N)=O. The highest BCUT2D eigenvalue weighted by atomic mass is 16.5. The molecule has 0 bridgehead atoms. The highest BCUT2D eigenvalue weighted by Crippen LogP contribution is 2.21. The van der Waals surface area contributed by atoms with Crippen LogP contribution in [0.5, 0.6) is 5.75 Å². The van der Waals surface area contributed by atoms with Crippen LogP contribution in [0.4, 0.5) is 5.69 Å². The number of piperidine rings is 1. The number of benzene rings is 2. The fourth-order valence-corrected chi connectivity index (χ4v) is 3.61. The minimum absolute atomic E-state index is 0.00918. The molecule has 1 heterocycles. The quantitative estimate of drug-likeness (QED) is 0.734. The van der Waals surface area contributed by atoms with E-state index in [1.807, 2.05) is 30.3 Å². The van der Waals surface area contributed by atoms with Crippen molar-refractivity contribution in [3.8, 4) is 5.75 Å². The van der Waals surface area contributed by atoms with E-state index in [1.54, 1.807) is 30.0 Å². The molecule has 1 aliphatic heterocycles. The topological polar surface area (TPSA) is 102 Å². The van der Waals surface area contributed by atoms with Gasteiger partial charge in [-0.2, -0.15) is 0 Å². The van der Waals surface area contributed by atoms with Crippen LogP contribution in [0.15, 0.2) is 48.5 Å². The summed E-state index contributed by atoms with van der Waals surface area (Å²) in [6.45, 7) is 3.13. The Morgan fingerprint density at radius 2 is 1.93 bits per heavy atom. The second-order valence-electron chi connectivity index (χ2n) is 7.47. The van der Waals surface area contributed by atoms with Gasteiger partial charge < -0.3 is 20.7 Å². The first-order valence-electron chi connectivity index (χ1n) is 10.1. The molecule has 1 saturated heterocycles. The van der Waals surface area contributed by atoms with Crippen molar-refractivity contribution in [2.75, 3.05) is 25.0 Å². The molecule has 0 radical (unpaired) electrons. The molecule has 0 saturated carbocycles. The summed E-state index contributed by atoms with van der Waals surface area (Å²) >= 11 is 0. The van der Waals surface area contributed by atoms with E-state index < -0.39 is 5.91 Å². The van der Waals surface area contributed by atoms with E-state index in [-0.39, 0.29) is 24.2 Å². The van der Waals surface area contributed by atoms with Crippen molar-refractivity contribution in [3.63, 3.8) is 0 Å². The number of amides is 3. The van der Waals surface area contributed by atoms with Crippen LogP contribution in [0.25, 0.3) is 0 Å². The number of likely N-dealkylation sites (tertiary alicyclic amines) is 1. The number of carbonyl (C=O) groups is 3. The molecule has 0 aliphatic carbocycles. The second kappa shape index (κ2) is 9.91. The van der Waals surface area contributed by atoms with Crippen LogP contribution in [0.2, 0.25) is 0 Å². The molecule has 2 aromatic rings. The Balaban J connectivity index is 1.51. The lowest BCUT2D eigenvalue weighted by atomic mass is 9.96. The lowest BCUT2D eigenvalue weighted by Gasteiger charge is -2.32. The normalized spacial score (nSPS) is 16.0. The Morgan fingerprint density at radius 3 is 2.63 bits per heavy atom. The van der Waals surface area contributed by atoms with Crippen molar-refractivity contribution in [3.05, 3.63) is 59.7 Å². The Kier molecular flexibility index (Phi) is 7.06. The Morgan fingerprint density at radius 1 is 1.17 bits per heavy atom. The van der Waals surface area contributed by atoms with Crippen molar-refractivity contribution < 1.29 is 19.1 Å². The number of rotatable bonds is 7. The van der Waals surface area contributed by atoms with Crippen LogP contribution in [0, 0.1) is 12.8 Å². The summed E-state index contributed by atoms with van der Waals surface area (Å²) < 4.78 is 5.60. The first-order valence-corrected chi connectivity index (χ1v) is 10.1. The molecular weight excluding hydrogens is 382 g/mol. The van der Waals surface area contributed by atoms with Crippen molar-refractivity contribution in [1.82, 2.24) is 4.90 Å². The predicted molar refractivity (Wildman–Crippen MR) is 114 cm³/mol. The zero-order valence-corrected chi connectivity index (χ0v) is 17.1. The average molecular weight is 409 g/mol. The predicted octanol–water partition coefficient (Wildman–Crippen LogP) is 2.74. The number of aryl methyl sites for hydroxylation is 1. The monoisotopic (exact) mass is 409 g/mol. The van der Waals surface area contributed by atoms with E-state index >= 15 is 0 Å². The van der Waals surface area contributed by atoms with E-state index in [1.165, 1.54) is 0 Å². The van der Waals surface area contributed by atoms with Crippen LogP contribution < -0.4 is 15.8 Å². The molecule has 0 aromatic heterocycles. The number of primary amides is 1. The summed E-state index contributed by atoms with van der Waals surface area (Å²) in [4.78, 5) is 38.3. The number of anilines is 1. The third-order valence-corrected chi connectivity index (χ3v) is 5.23. The van der Waals surface area contributed by atoms with Gasteiger partial charge in [-0.25, -0.2) is 0 Å². The van der Waals surface area contributed by atoms with E-state index in [2.05, 4.69) is 5.32 Å². The molecule has 7 heteroatoms. The molecule has 1 fully saturated rings. The number of hydrogen-bond acceptors (Lipinski definition) is 4. The van der Waals surface area contributed by atoms with Crippen LogP contribution in [0.3, 0.4) is 0 Å². The van der Waals surface area contributed by atoms with Crippen LogP contribution in [-0.2, 0) is 9.59 Å². The zero-order chi connectivity index (χ0) is 21.5. The van der Waals surface area contributed by atoms with Crippen molar-refractivity contribution in [2.45, 2.75) is 26.2 Å². The number of para-hydroxylation sites is 1. The first-order chi connectivity index (χ1) is 14.4. The van der Waals surface area contributed by atoms with Gasteiger partial charge in [-0.3, -0.25) is 14.4 Å². The third-order valence-electron chi connectivity index (χ3n) is 5.23. The molecule has 158 valence electrons. The smallest absolute Gasteiger partial charge is 0.248 e. The molecule has 0 spiro atoms. The van der Waals surface area contributed by atoms with Crippen molar-refractivity contribution in [2.24, 2.45) is 11.7 Å². The van der Waals surface area contributed by atoms with E-state index in [9.17, 15) is 14.4 Å². The molecule has 1 atom stereocenters. The first kappa shape index (κ1) is 21.4. The van der Waals surface area contributed by atoms with Gasteiger partial charge in [-0.05, 0) is 55.7 Å². The standard InChI is InChI=1S/C23H27N3O4/c1-16-14-18(9-10-20(16)22(24)28)25-23(29)17-6-5-12-26(15-17)21(27)11-13-30-19-7-3-2-4-8-19/h2-4,7-10,14,17H,5-6,11-13,15H2,1H3,(H2,24,28)(H,25,29). The fourth-order valence-electron chi connectivity index (χ4n) is 3.61. The maximum Gasteiger partial charge on any atom is 0.248 e. The van der Waals surface area contributed by atoms with E-state index in [0.717, 1.165) is 18.6 Å². The molecule has 1 unspecified atom stereocenters. The summed E-state index contributed by atoms with van der Waals surface area (Å²) in [6.07, 6.45) is 1.79. The third kappa shape index (κ3) is 5.59. The van der Waals surface area contributed by atoms with Gasteiger partial charge in [0.2, 0.25) is 17.7 Å². The van der Waals surface area contributed by atoms with Gasteiger partial charge in [0.05, 0.1) is 18.9 Å². The van der Waals surface area contributed by atoms with E-state index in [4.69, 9.17) is 10.5 Å². The molecule has 3 amide bonds. The Hall–Kier alpha value is -3.35. The number of nitrogens with two attached hydrogens (primary N) is 1. The number of carbonyl (C=O) groups excluding carboxylic acids is 3. The zero-order valence-electron chi connectivity index (χ0n) is 17.1. The van der Waals surface area contributed by atoms with Gasteiger partial charge in [-0.1, -0.05) is 18.2 Å². The van der Waals surface area contributed by atoms with Gasteiger partial charge in [0, 0.05) is 24.3 Å². The summed E-state index contributed by atoms with van der Waals surface area (Å²) in [5.41, 5.74) is 7.07. The molecule has 3 N–H and O–H groups in total. The minimum atomic E-state index is -0.497. The maximum atomic E-state index is 12.7. The van der Waals surface area contributed by atoms with Gasteiger partial charge in [0.1, 0.15) is 5.75 Å². The second-order valence-corrected chi connectivity index (χ2v) is 7.47. The van der Waals surface area contributed by atoms with E-state index in [0.29, 0.717) is 36.5 Å². The van der Waals surface area contributed by atoms with Gasteiger partial charge in [-0.15, -0.1) is 0 Å². The highest BCUT2D eigenvalue weighted by Gasteiger charge is 2.28. The van der Waals surface area contributed by atoms with Crippen LogP contribution in [0.1, 0.15) is 35.2 Å². The van der Waals surface area contributed by atoms with Crippen molar-refractivity contribution in [1.29, 1.82) is 0 Å². The maximum absolute atomic E-state index is 12.7. The Labute approximate surface area is 176 Å². The fraction of sp³-hybridized carbons (Fsp3) is 0.348. The van der Waals surface area contributed by atoms with Crippen molar-refractivity contribution >= 4 is 23.4 Å². The average Bonchev–Trinajstić information content (AvgIpc) is 2.74. The van der Waals surface area contributed by atoms with Gasteiger partial charge >= 0.3 is 0 Å². The Bertz CT molecular complexity index is 914. The summed E-state index contributed by atoms with van der Waals surface area (Å²) in [5.74, 6) is -0.167. The molecule has 2 aromatic carbocycles. The molecular formula is C23H27N3O4. The largest absolute Gasteiger partial charge is 0.493 e.